The van der Waals surface area contributed by atoms with E-state index in [1.807, 2.05) is 54.6 Å². The molecule has 0 spiro atoms. The van der Waals surface area contributed by atoms with Crippen LogP contribution in [0, 0.1) is 0 Å². The fourth-order valence-electron chi connectivity index (χ4n) is 2.38. The predicted molar refractivity (Wildman–Crippen MR) is 100 cm³/mol. The van der Waals surface area contributed by atoms with Crippen LogP contribution in [0.2, 0.25) is 0 Å². The van der Waals surface area contributed by atoms with Crippen molar-refractivity contribution in [3.8, 4) is 17.0 Å². The van der Waals surface area contributed by atoms with Crippen LogP contribution in [0.25, 0.3) is 11.3 Å². The van der Waals surface area contributed by atoms with Crippen LogP contribution in [0.15, 0.2) is 65.5 Å². The quantitative estimate of drug-likeness (QED) is 0.630. The van der Waals surface area contributed by atoms with Gasteiger partial charge in [0.15, 0.2) is 0 Å². The Morgan fingerprint density at radius 2 is 1.84 bits per heavy atom. The molecule has 5 heteroatoms. The second-order valence-electron chi connectivity index (χ2n) is 5.70. The fraction of sp³-hybridized carbons (Fsp3) is 0.200. The van der Waals surface area contributed by atoms with E-state index in [-0.39, 0.29) is 5.56 Å². The molecule has 0 unspecified atom stereocenters. The fourth-order valence-corrected chi connectivity index (χ4v) is 2.38. The average Bonchev–Trinajstić information content (AvgIpc) is 2.64. The maximum atomic E-state index is 11.9. The summed E-state index contributed by atoms with van der Waals surface area (Å²) in [5, 5.41) is 3.13. The Kier molecular flexibility index (Phi) is 5.46. The largest absolute Gasteiger partial charge is 0.494 e. The lowest BCUT2D eigenvalue weighted by atomic mass is 10.1. The molecule has 3 aromatic rings. The molecule has 0 radical (unpaired) electrons. The van der Waals surface area contributed by atoms with Gasteiger partial charge in [0.2, 0.25) is 5.95 Å². The van der Waals surface area contributed by atoms with E-state index in [1.54, 1.807) is 0 Å². The number of aromatic nitrogens is 2. The minimum atomic E-state index is -0.198. The summed E-state index contributed by atoms with van der Waals surface area (Å²) >= 11 is 0. The van der Waals surface area contributed by atoms with E-state index in [1.165, 1.54) is 6.07 Å². The number of hydrogen-bond donors (Lipinski definition) is 2. The summed E-state index contributed by atoms with van der Waals surface area (Å²) in [5.74, 6) is 1.24. The van der Waals surface area contributed by atoms with Crippen molar-refractivity contribution in [1.82, 2.24) is 9.97 Å². The van der Waals surface area contributed by atoms with Crippen molar-refractivity contribution in [2.24, 2.45) is 0 Å². The van der Waals surface area contributed by atoms with E-state index in [4.69, 9.17) is 4.74 Å². The molecule has 0 aliphatic heterocycles. The van der Waals surface area contributed by atoms with Crippen LogP contribution in [0.5, 0.6) is 5.75 Å². The van der Waals surface area contributed by atoms with Gasteiger partial charge in [-0.25, -0.2) is 4.98 Å². The Bertz CT molecular complexity index is 858. The minimum Gasteiger partial charge on any atom is -0.494 e. The van der Waals surface area contributed by atoms with Gasteiger partial charge in [0, 0.05) is 17.3 Å². The Morgan fingerprint density at radius 1 is 1.08 bits per heavy atom. The van der Waals surface area contributed by atoms with Crippen LogP contribution in [0.3, 0.4) is 0 Å². The van der Waals surface area contributed by atoms with Gasteiger partial charge in [-0.1, -0.05) is 43.7 Å². The van der Waals surface area contributed by atoms with Gasteiger partial charge in [-0.3, -0.25) is 9.78 Å². The molecular formula is C20H21N3O2. The van der Waals surface area contributed by atoms with Gasteiger partial charge >= 0.3 is 0 Å². The van der Waals surface area contributed by atoms with Gasteiger partial charge in [0.1, 0.15) is 5.75 Å². The molecule has 1 heterocycles. The molecule has 2 aromatic carbocycles. The monoisotopic (exact) mass is 335 g/mol. The number of anilines is 2. The zero-order chi connectivity index (χ0) is 17.5. The molecule has 0 amide bonds. The lowest BCUT2D eigenvalue weighted by molar-refractivity contribution is 0.309. The van der Waals surface area contributed by atoms with E-state index in [9.17, 15) is 4.79 Å². The number of rotatable bonds is 7. The molecule has 0 aliphatic carbocycles. The van der Waals surface area contributed by atoms with Gasteiger partial charge < -0.3 is 10.1 Å². The first kappa shape index (κ1) is 16.8. The third-order valence-corrected chi connectivity index (χ3v) is 3.69. The van der Waals surface area contributed by atoms with Crippen molar-refractivity contribution in [3.05, 3.63) is 71.0 Å². The van der Waals surface area contributed by atoms with Crippen molar-refractivity contribution >= 4 is 11.6 Å². The predicted octanol–water partition coefficient (Wildman–Crippen LogP) is 4.36. The summed E-state index contributed by atoms with van der Waals surface area (Å²) in [5.41, 5.74) is 2.16. The SMILES string of the molecule is CCCCOc1ccc(Nc2nc(-c3ccccc3)cc(=O)[nH]2)cc1. The normalized spacial score (nSPS) is 10.4. The van der Waals surface area contributed by atoms with Gasteiger partial charge in [-0.15, -0.1) is 0 Å². The van der Waals surface area contributed by atoms with Crippen molar-refractivity contribution in [3.63, 3.8) is 0 Å². The highest BCUT2D eigenvalue weighted by Gasteiger charge is 2.04. The van der Waals surface area contributed by atoms with Crippen LogP contribution in [0.1, 0.15) is 19.8 Å². The van der Waals surface area contributed by atoms with Gasteiger partial charge in [-0.05, 0) is 30.7 Å². The summed E-state index contributed by atoms with van der Waals surface area (Å²) in [4.78, 5) is 19.1. The van der Waals surface area contributed by atoms with Gasteiger partial charge in [0.25, 0.3) is 5.56 Å². The molecule has 0 aliphatic rings. The third-order valence-electron chi connectivity index (χ3n) is 3.69. The van der Waals surface area contributed by atoms with E-state index in [2.05, 4.69) is 22.2 Å². The lowest BCUT2D eigenvalue weighted by Gasteiger charge is -2.09. The summed E-state index contributed by atoms with van der Waals surface area (Å²) < 4.78 is 5.65. The number of aromatic amines is 1. The Morgan fingerprint density at radius 3 is 2.56 bits per heavy atom. The van der Waals surface area contributed by atoms with Crippen molar-refractivity contribution in [2.75, 3.05) is 11.9 Å². The highest BCUT2D eigenvalue weighted by atomic mass is 16.5. The Balaban J connectivity index is 1.74. The molecule has 0 atom stereocenters. The molecule has 0 saturated heterocycles. The summed E-state index contributed by atoms with van der Waals surface area (Å²) in [6.07, 6.45) is 2.15. The van der Waals surface area contributed by atoms with Crippen molar-refractivity contribution in [2.45, 2.75) is 19.8 Å². The maximum absolute atomic E-state index is 11.9. The van der Waals surface area contributed by atoms with Gasteiger partial charge in [0.05, 0.1) is 12.3 Å². The standard InChI is InChI=1S/C20H21N3O2/c1-2-3-13-25-17-11-9-16(10-12-17)21-20-22-18(14-19(24)23-20)15-7-5-4-6-8-15/h4-12,14H,2-3,13H2,1H3,(H2,21,22,23,24). The first-order valence-corrected chi connectivity index (χ1v) is 8.41. The molecule has 0 bridgehead atoms. The molecule has 0 fully saturated rings. The maximum Gasteiger partial charge on any atom is 0.252 e. The zero-order valence-corrected chi connectivity index (χ0v) is 14.2. The van der Waals surface area contributed by atoms with Crippen LogP contribution in [0.4, 0.5) is 11.6 Å². The second-order valence-corrected chi connectivity index (χ2v) is 5.70. The average molecular weight is 335 g/mol. The van der Waals surface area contributed by atoms with E-state index in [0.717, 1.165) is 36.4 Å². The molecule has 1 aromatic heterocycles. The number of ether oxygens (including phenoxy) is 1. The van der Waals surface area contributed by atoms with E-state index < -0.39 is 0 Å². The lowest BCUT2D eigenvalue weighted by Crippen LogP contribution is -2.10. The number of nitrogens with one attached hydrogen (secondary N) is 2. The van der Waals surface area contributed by atoms with Crippen LogP contribution >= 0.6 is 0 Å². The Labute approximate surface area is 146 Å². The number of unbranched alkanes of at least 4 members (excludes halogenated alkanes) is 1. The molecule has 2 N–H and O–H groups in total. The zero-order valence-electron chi connectivity index (χ0n) is 14.2. The topological polar surface area (TPSA) is 67.0 Å². The minimum absolute atomic E-state index is 0.198. The highest BCUT2D eigenvalue weighted by molar-refractivity contribution is 5.62. The summed E-state index contributed by atoms with van der Waals surface area (Å²) in [6.45, 7) is 2.85. The van der Waals surface area contributed by atoms with Crippen molar-refractivity contribution < 1.29 is 4.74 Å². The van der Waals surface area contributed by atoms with Crippen LogP contribution in [-0.4, -0.2) is 16.6 Å². The molecular weight excluding hydrogens is 314 g/mol. The number of benzene rings is 2. The van der Waals surface area contributed by atoms with Crippen LogP contribution < -0.4 is 15.6 Å². The van der Waals surface area contributed by atoms with Crippen molar-refractivity contribution in [1.29, 1.82) is 0 Å². The smallest absolute Gasteiger partial charge is 0.252 e. The Hall–Kier alpha value is -3.08. The summed E-state index contributed by atoms with van der Waals surface area (Å²) in [6, 6.07) is 18.7. The molecule has 25 heavy (non-hydrogen) atoms. The second kappa shape index (κ2) is 8.15. The third kappa shape index (κ3) is 4.70. The number of hydrogen-bond acceptors (Lipinski definition) is 4. The van der Waals surface area contributed by atoms with E-state index >= 15 is 0 Å². The van der Waals surface area contributed by atoms with E-state index in [0.29, 0.717) is 11.6 Å². The molecule has 128 valence electrons. The van der Waals surface area contributed by atoms with Crippen LogP contribution in [-0.2, 0) is 0 Å². The first-order chi connectivity index (χ1) is 12.2. The molecule has 5 nitrogen and oxygen atoms in total. The summed E-state index contributed by atoms with van der Waals surface area (Å²) in [7, 11) is 0. The number of H-pyrrole nitrogens is 1. The number of nitrogens with zero attached hydrogens (tertiary/aromatic N) is 1. The molecule has 3 rings (SSSR count). The molecule has 0 saturated carbocycles. The first-order valence-electron chi connectivity index (χ1n) is 8.41. The van der Waals surface area contributed by atoms with Gasteiger partial charge in [-0.2, -0.15) is 0 Å². The highest BCUT2D eigenvalue weighted by Crippen LogP contribution is 2.20.